The Hall–Kier alpha value is -3.36. The fourth-order valence-corrected chi connectivity index (χ4v) is 4.28. The molecule has 0 aromatic heterocycles. The third-order valence-corrected chi connectivity index (χ3v) is 6.14. The van der Waals surface area contributed by atoms with Gasteiger partial charge in [-0.05, 0) is 55.7 Å². The van der Waals surface area contributed by atoms with Gasteiger partial charge in [0, 0.05) is 37.5 Å². The van der Waals surface area contributed by atoms with Gasteiger partial charge in [0.15, 0.2) is 0 Å². The summed E-state index contributed by atoms with van der Waals surface area (Å²) in [5, 5.41) is 2.93. The Kier molecular flexibility index (Phi) is 6.40. The molecular formula is C24H24F3N3O3. The first-order valence-corrected chi connectivity index (χ1v) is 10.9. The van der Waals surface area contributed by atoms with Gasteiger partial charge in [0.2, 0.25) is 11.8 Å². The molecule has 2 fully saturated rings. The van der Waals surface area contributed by atoms with E-state index in [1.807, 2.05) is 12.1 Å². The van der Waals surface area contributed by atoms with Crippen molar-refractivity contribution in [2.24, 2.45) is 5.92 Å². The van der Waals surface area contributed by atoms with Crippen molar-refractivity contribution in [2.75, 3.05) is 29.9 Å². The molecule has 2 heterocycles. The van der Waals surface area contributed by atoms with Gasteiger partial charge in [0.1, 0.15) is 0 Å². The number of hydrogen-bond acceptors (Lipinski definition) is 3. The summed E-state index contributed by atoms with van der Waals surface area (Å²) in [7, 11) is 0. The molecule has 0 radical (unpaired) electrons. The third kappa shape index (κ3) is 5.02. The van der Waals surface area contributed by atoms with Crippen LogP contribution in [0.2, 0.25) is 0 Å². The molecule has 2 aliphatic heterocycles. The van der Waals surface area contributed by atoms with Gasteiger partial charge in [-0.15, -0.1) is 0 Å². The minimum atomic E-state index is -4.45. The molecule has 0 bridgehead atoms. The zero-order valence-electron chi connectivity index (χ0n) is 17.9. The number of anilines is 2. The van der Waals surface area contributed by atoms with Gasteiger partial charge in [-0.1, -0.05) is 12.1 Å². The van der Waals surface area contributed by atoms with Gasteiger partial charge < -0.3 is 15.1 Å². The molecule has 9 heteroatoms. The van der Waals surface area contributed by atoms with Crippen molar-refractivity contribution >= 4 is 29.1 Å². The number of carbonyl (C=O) groups excluding carboxylic acids is 3. The Morgan fingerprint density at radius 1 is 0.939 bits per heavy atom. The van der Waals surface area contributed by atoms with Crippen LogP contribution in [-0.2, 0) is 15.8 Å². The van der Waals surface area contributed by atoms with Gasteiger partial charge in [-0.25, -0.2) is 0 Å². The Morgan fingerprint density at radius 3 is 2.21 bits per heavy atom. The molecule has 2 saturated heterocycles. The quantitative estimate of drug-likeness (QED) is 0.740. The largest absolute Gasteiger partial charge is 0.416 e. The van der Waals surface area contributed by atoms with Crippen molar-refractivity contribution in [1.29, 1.82) is 0 Å². The third-order valence-electron chi connectivity index (χ3n) is 6.14. The lowest BCUT2D eigenvalue weighted by atomic mass is 9.95. The molecule has 4 rings (SSSR count). The van der Waals surface area contributed by atoms with E-state index in [-0.39, 0.29) is 29.2 Å². The molecule has 0 spiro atoms. The lowest BCUT2D eigenvalue weighted by Crippen LogP contribution is -2.41. The monoisotopic (exact) mass is 459 g/mol. The van der Waals surface area contributed by atoms with Gasteiger partial charge in [0.05, 0.1) is 16.9 Å². The van der Waals surface area contributed by atoms with Crippen molar-refractivity contribution in [3.05, 3.63) is 59.7 Å². The molecule has 0 saturated carbocycles. The number of likely N-dealkylation sites (tertiary alicyclic amines) is 1. The summed E-state index contributed by atoms with van der Waals surface area (Å²) in [5.74, 6) is -0.785. The molecule has 1 N–H and O–H groups in total. The van der Waals surface area contributed by atoms with E-state index in [1.165, 1.54) is 12.1 Å². The van der Waals surface area contributed by atoms with Crippen molar-refractivity contribution in [2.45, 2.75) is 31.9 Å². The number of alkyl halides is 3. The maximum atomic E-state index is 12.9. The molecule has 174 valence electrons. The van der Waals surface area contributed by atoms with E-state index in [2.05, 4.69) is 5.32 Å². The maximum absolute atomic E-state index is 12.9. The second-order valence-electron chi connectivity index (χ2n) is 8.30. The van der Waals surface area contributed by atoms with Crippen LogP contribution < -0.4 is 10.2 Å². The lowest BCUT2D eigenvalue weighted by molar-refractivity contribution is -0.137. The van der Waals surface area contributed by atoms with Gasteiger partial charge in [-0.3, -0.25) is 14.4 Å². The normalized spacial score (nSPS) is 17.4. The van der Waals surface area contributed by atoms with E-state index >= 15 is 0 Å². The summed E-state index contributed by atoms with van der Waals surface area (Å²) in [6, 6.07) is 11.4. The lowest BCUT2D eigenvalue weighted by Gasteiger charge is -2.31. The van der Waals surface area contributed by atoms with Gasteiger partial charge in [-0.2, -0.15) is 13.2 Å². The first-order valence-electron chi connectivity index (χ1n) is 10.9. The van der Waals surface area contributed by atoms with Crippen molar-refractivity contribution < 1.29 is 27.6 Å². The van der Waals surface area contributed by atoms with E-state index in [1.54, 1.807) is 21.9 Å². The van der Waals surface area contributed by atoms with E-state index in [4.69, 9.17) is 0 Å². The molecule has 0 unspecified atom stereocenters. The van der Waals surface area contributed by atoms with Crippen LogP contribution in [-0.4, -0.2) is 42.3 Å². The smallest absolute Gasteiger partial charge is 0.339 e. The Bertz CT molecular complexity index is 1040. The van der Waals surface area contributed by atoms with Gasteiger partial charge >= 0.3 is 6.18 Å². The summed E-state index contributed by atoms with van der Waals surface area (Å²) >= 11 is 0. The molecule has 6 nitrogen and oxygen atoms in total. The second-order valence-corrected chi connectivity index (χ2v) is 8.30. The minimum Gasteiger partial charge on any atom is -0.339 e. The summed E-state index contributed by atoms with van der Waals surface area (Å²) in [5.41, 5.74) is 0.657. The number of piperidine rings is 1. The molecule has 0 atom stereocenters. The number of para-hydroxylation sites is 2. The van der Waals surface area contributed by atoms with Crippen LogP contribution in [0.3, 0.4) is 0 Å². The zero-order chi connectivity index (χ0) is 23.6. The van der Waals surface area contributed by atoms with Crippen LogP contribution in [0.5, 0.6) is 0 Å². The van der Waals surface area contributed by atoms with Crippen LogP contribution in [0.15, 0.2) is 48.5 Å². The highest BCUT2D eigenvalue weighted by molar-refractivity contribution is 6.02. The van der Waals surface area contributed by atoms with Crippen molar-refractivity contribution in [1.82, 2.24) is 4.90 Å². The van der Waals surface area contributed by atoms with E-state index in [0.717, 1.165) is 18.6 Å². The predicted molar refractivity (Wildman–Crippen MR) is 117 cm³/mol. The first kappa shape index (κ1) is 22.8. The zero-order valence-corrected chi connectivity index (χ0v) is 17.9. The fourth-order valence-electron chi connectivity index (χ4n) is 4.28. The summed E-state index contributed by atoms with van der Waals surface area (Å²) in [6.45, 7) is 1.30. The van der Waals surface area contributed by atoms with E-state index < -0.39 is 11.7 Å². The summed E-state index contributed by atoms with van der Waals surface area (Å²) in [4.78, 5) is 40.9. The predicted octanol–water partition coefficient (Wildman–Crippen LogP) is 4.32. The number of nitrogens with zero attached hydrogens (tertiary/aromatic N) is 2. The highest BCUT2D eigenvalue weighted by atomic mass is 19.4. The van der Waals surface area contributed by atoms with E-state index in [9.17, 15) is 27.6 Å². The number of nitrogens with one attached hydrogen (secondary N) is 1. The SMILES string of the molecule is O=C(Nc1ccccc1N1CCCC1=O)C1CCN(C(=O)c2ccc(C(F)(F)F)cc2)CC1. The van der Waals surface area contributed by atoms with Crippen LogP contribution in [0, 0.1) is 5.92 Å². The number of halogens is 3. The number of carbonyl (C=O) groups is 3. The van der Waals surface area contributed by atoms with E-state index in [0.29, 0.717) is 50.3 Å². The summed E-state index contributed by atoms with van der Waals surface area (Å²) in [6.07, 6.45) is -2.28. The molecule has 2 aliphatic rings. The van der Waals surface area contributed by atoms with Gasteiger partial charge in [0.25, 0.3) is 5.91 Å². The molecule has 33 heavy (non-hydrogen) atoms. The second kappa shape index (κ2) is 9.25. The van der Waals surface area contributed by atoms with Crippen LogP contribution >= 0.6 is 0 Å². The summed E-state index contributed by atoms with van der Waals surface area (Å²) < 4.78 is 38.2. The number of hydrogen-bond donors (Lipinski definition) is 1. The highest BCUT2D eigenvalue weighted by Gasteiger charge is 2.32. The number of rotatable bonds is 4. The standard InChI is InChI=1S/C24H24F3N3O3/c25-24(26,27)18-9-7-17(8-10-18)23(33)29-14-11-16(12-15-29)22(32)28-19-4-1-2-5-20(19)30-13-3-6-21(30)31/h1-2,4-5,7-10,16H,3,6,11-15H2,(H,28,32). The molecular weight excluding hydrogens is 435 g/mol. The van der Waals surface area contributed by atoms with Crippen LogP contribution in [0.4, 0.5) is 24.5 Å². The average Bonchev–Trinajstić information content (AvgIpc) is 3.24. The maximum Gasteiger partial charge on any atom is 0.416 e. The Labute approximate surface area is 189 Å². The van der Waals surface area contributed by atoms with Crippen molar-refractivity contribution in [3.8, 4) is 0 Å². The average molecular weight is 459 g/mol. The fraction of sp³-hybridized carbons (Fsp3) is 0.375. The van der Waals surface area contributed by atoms with Crippen LogP contribution in [0.1, 0.15) is 41.6 Å². The number of benzene rings is 2. The molecule has 0 aliphatic carbocycles. The van der Waals surface area contributed by atoms with Crippen LogP contribution in [0.25, 0.3) is 0 Å². The first-order chi connectivity index (χ1) is 15.7. The Balaban J connectivity index is 1.35. The molecule has 2 aromatic carbocycles. The minimum absolute atomic E-state index is 0.0341. The Morgan fingerprint density at radius 2 is 1.61 bits per heavy atom. The molecule has 3 amide bonds. The number of amides is 3. The topological polar surface area (TPSA) is 69.7 Å². The highest BCUT2D eigenvalue weighted by Crippen LogP contribution is 2.31. The van der Waals surface area contributed by atoms with Crippen molar-refractivity contribution in [3.63, 3.8) is 0 Å². The molecule has 2 aromatic rings.